The van der Waals surface area contributed by atoms with Crippen molar-refractivity contribution in [1.82, 2.24) is 4.98 Å². The van der Waals surface area contributed by atoms with Gasteiger partial charge in [-0.05, 0) is 39.3 Å². The number of hydrogen-bond acceptors (Lipinski definition) is 3. The van der Waals surface area contributed by atoms with Crippen molar-refractivity contribution in [2.75, 3.05) is 29.6 Å². The van der Waals surface area contributed by atoms with E-state index in [1.54, 1.807) is 0 Å². The second kappa shape index (κ2) is 3.72. The largest absolute Gasteiger partial charge is 0.351 e. The van der Waals surface area contributed by atoms with Crippen molar-refractivity contribution >= 4 is 11.5 Å². The highest BCUT2D eigenvalue weighted by Crippen LogP contribution is 2.34. The van der Waals surface area contributed by atoms with Crippen molar-refractivity contribution in [1.29, 1.82) is 0 Å². The van der Waals surface area contributed by atoms with Gasteiger partial charge in [-0.3, -0.25) is 0 Å². The van der Waals surface area contributed by atoms with E-state index in [0.29, 0.717) is 0 Å². The zero-order valence-corrected chi connectivity index (χ0v) is 10.0. The lowest BCUT2D eigenvalue weighted by Crippen LogP contribution is -2.30. The van der Waals surface area contributed by atoms with E-state index < -0.39 is 0 Å². The van der Waals surface area contributed by atoms with Crippen molar-refractivity contribution in [2.45, 2.75) is 27.7 Å². The lowest BCUT2D eigenvalue weighted by atomic mass is 10.2. The van der Waals surface area contributed by atoms with E-state index in [-0.39, 0.29) is 0 Å². The fraction of sp³-hybridized carbons (Fsp3) is 0.583. The quantitative estimate of drug-likeness (QED) is 0.738. The summed E-state index contributed by atoms with van der Waals surface area (Å²) in [5.41, 5.74) is 3.72. The van der Waals surface area contributed by atoms with Crippen LogP contribution in [0.1, 0.15) is 25.1 Å². The molecule has 0 unspecified atom stereocenters. The normalized spacial score (nSPS) is 14.7. The number of pyridine rings is 1. The van der Waals surface area contributed by atoms with E-state index in [4.69, 9.17) is 0 Å². The van der Waals surface area contributed by atoms with Gasteiger partial charge in [-0.15, -0.1) is 0 Å². The summed E-state index contributed by atoms with van der Waals surface area (Å²) < 4.78 is 0. The Balaban J connectivity index is 2.49. The van der Waals surface area contributed by atoms with Crippen LogP contribution in [0.15, 0.2) is 6.07 Å². The molecule has 0 saturated heterocycles. The molecule has 1 aliphatic rings. The molecule has 1 aliphatic heterocycles. The van der Waals surface area contributed by atoms with E-state index in [2.05, 4.69) is 48.5 Å². The van der Waals surface area contributed by atoms with Crippen LogP contribution in [-0.2, 0) is 0 Å². The lowest BCUT2D eigenvalue weighted by Gasteiger charge is -2.17. The predicted octanol–water partition coefficient (Wildman–Crippen LogP) is 2.32. The van der Waals surface area contributed by atoms with Crippen LogP contribution in [0.3, 0.4) is 0 Å². The lowest BCUT2D eigenvalue weighted by molar-refractivity contribution is 0.795. The molecule has 1 aromatic heterocycles. The summed E-state index contributed by atoms with van der Waals surface area (Å²) in [6.07, 6.45) is 0. The summed E-state index contributed by atoms with van der Waals surface area (Å²) >= 11 is 0. The first-order chi connectivity index (χ1) is 7.17. The van der Waals surface area contributed by atoms with Crippen molar-refractivity contribution < 1.29 is 0 Å². The van der Waals surface area contributed by atoms with Crippen molar-refractivity contribution in [3.63, 3.8) is 0 Å². The highest BCUT2D eigenvalue weighted by molar-refractivity contribution is 5.73. The molecular weight excluding hydrogens is 186 g/mol. The van der Waals surface area contributed by atoms with Gasteiger partial charge in [0.2, 0.25) is 0 Å². The first-order valence-electron chi connectivity index (χ1n) is 5.65. The molecule has 2 heterocycles. The minimum atomic E-state index is 0.984. The molecule has 15 heavy (non-hydrogen) atoms. The van der Waals surface area contributed by atoms with E-state index in [0.717, 1.165) is 31.3 Å². The minimum absolute atomic E-state index is 0.984. The smallest absolute Gasteiger partial charge is 0.153 e. The van der Waals surface area contributed by atoms with Gasteiger partial charge in [0, 0.05) is 18.8 Å². The Morgan fingerprint density at radius 3 is 2.47 bits per heavy atom. The minimum Gasteiger partial charge on any atom is -0.351 e. The molecular formula is C12H19N3. The summed E-state index contributed by atoms with van der Waals surface area (Å²) in [6, 6.07) is 2.26. The number of fused-ring (bicyclic) bond motifs is 1. The third-order valence-corrected chi connectivity index (χ3v) is 3.17. The molecule has 0 fully saturated rings. The molecule has 0 radical (unpaired) electrons. The molecule has 0 saturated carbocycles. The molecule has 0 spiro atoms. The fourth-order valence-electron chi connectivity index (χ4n) is 2.01. The highest BCUT2D eigenvalue weighted by atomic mass is 15.4. The summed E-state index contributed by atoms with van der Waals surface area (Å²) in [5.74, 6) is 1.16. The molecule has 1 aromatic rings. The van der Waals surface area contributed by atoms with Crippen LogP contribution in [0, 0.1) is 13.8 Å². The van der Waals surface area contributed by atoms with Crippen LogP contribution in [-0.4, -0.2) is 24.7 Å². The van der Waals surface area contributed by atoms with Gasteiger partial charge in [0.15, 0.2) is 5.82 Å². The van der Waals surface area contributed by atoms with Gasteiger partial charge in [-0.1, -0.05) is 0 Å². The Kier molecular flexibility index (Phi) is 2.55. The maximum Gasteiger partial charge on any atom is 0.153 e. The van der Waals surface area contributed by atoms with Crippen LogP contribution < -0.4 is 9.80 Å². The first-order valence-corrected chi connectivity index (χ1v) is 5.65. The monoisotopic (exact) mass is 205 g/mol. The molecule has 0 aromatic carbocycles. The molecule has 0 bridgehead atoms. The maximum absolute atomic E-state index is 4.69. The van der Waals surface area contributed by atoms with Crippen LogP contribution in [0.25, 0.3) is 0 Å². The second-order valence-corrected chi connectivity index (χ2v) is 4.09. The summed E-state index contributed by atoms with van der Waals surface area (Å²) in [4.78, 5) is 9.39. The molecule has 2 rings (SSSR count). The van der Waals surface area contributed by atoms with Gasteiger partial charge < -0.3 is 9.80 Å². The van der Waals surface area contributed by atoms with Crippen LogP contribution >= 0.6 is 0 Å². The maximum atomic E-state index is 4.69. The van der Waals surface area contributed by atoms with Crippen LogP contribution in [0.5, 0.6) is 0 Å². The molecule has 3 nitrogen and oxygen atoms in total. The van der Waals surface area contributed by atoms with Gasteiger partial charge in [-0.2, -0.15) is 0 Å². The third-order valence-electron chi connectivity index (χ3n) is 3.17. The predicted molar refractivity (Wildman–Crippen MR) is 64.6 cm³/mol. The average Bonchev–Trinajstić information content (AvgIpc) is 2.56. The fourth-order valence-corrected chi connectivity index (χ4v) is 2.01. The van der Waals surface area contributed by atoms with E-state index in [9.17, 15) is 0 Å². The van der Waals surface area contributed by atoms with Crippen molar-refractivity contribution in [3.8, 4) is 0 Å². The third kappa shape index (κ3) is 1.56. The zero-order chi connectivity index (χ0) is 11.0. The zero-order valence-electron chi connectivity index (χ0n) is 10.0. The molecule has 3 heteroatoms. The summed E-state index contributed by atoms with van der Waals surface area (Å²) in [5, 5.41) is 0. The van der Waals surface area contributed by atoms with Crippen molar-refractivity contribution in [3.05, 3.63) is 17.3 Å². The Morgan fingerprint density at radius 2 is 1.87 bits per heavy atom. The molecule has 82 valence electrons. The number of rotatable bonds is 2. The highest BCUT2D eigenvalue weighted by Gasteiger charge is 2.25. The van der Waals surface area contributed by atoms with Gasteiger partial charge >= 0.3 is 0 Å². The van der Waals surface area contributed by atoms with Gasteiger partial charge in [0.1, 0.15) is 0 Å². The molecule has 0 atom stereocenters. The van der Waals surface area contributed by atoms with Gasteiger partial charge in [-0.25, -0.2) is 4.98 Å². The summed E-state index contributed by atoms with van der Waals surface area (Å²) in [7, 11) is 0. The average molecular weight is 205 g/mol. The van der Waals surface area contributed by atoms with Gasteiger partial charge in [0.25, 0.3) is 0 Å². The van der Waals surface area contributed by atoms with E-state index >= 15 is 0 Å². The number of nitrogens with zero attached hydrogens (tertiary/aromatic N) is 3. The SMILES string of the molecule is CCN1CN(CC)c2nc(C)c(C)cc21. The molecule has 0 N–H and O–H groups in total. The Labute approximate surface area is 91.7 Å². The number of hydrogen-bond donors (Lipinski definition) is 0. The first kappa shape index (κ1) is 10.3. The standard InChI is InChI=1S/C12H19N3/c1-5-14-8-15(6-2)12-11(14)7-9(3)10(4)13-12/h7H,5-6,8H2,1-4H3. The number of aryl methyl sites for hydroxylation is 2. The van der Waals surface area contributed by atoms with Crippen LogP contribution in [0.4, 0.5) is 11.5 Å². The number of anilines is 2. The number of aromatic nitrogens is 1. The summed E-state index contributed by atoms with van der Waals surface area (Å²) in [6.45, 7) is 11.6. The Morgan fingerprint density at radius 1 is 1.20 bits per heavy atom. The van der Waals surface area contributed by atoms with Crippen LogP contribution in [0.2, 0.25) is 0 Å². The molecule has 0 amide bonds. The molecule has 0 aliphatic carbocycles. The van der Waals surface area contributed by atoms with Crippen molar-refractivity contribution in [2.24, 2.45) is 0 Å². The Bertz CT molecular complexity index is 338. The second-order valence-electron chi connectivity index (χ2n) is 4.09. The van der Waals surface area contributed by atoms with E-state index in [1.165, 1.54) is 11.3 Å². The topological polar surface area (TPSA) is 19.4 Å². The van der Waals surface area contributed by atoms with E-state index in [1.807, 2.05) is 0 Å². The van der Waals surface area contributed by atoms with Gasteiger partial charge in [0.05, 0.1) is 12.4 Å². The Hall–Kier alpha value is -1.25.